The van der Waals surface area contributed by atoms with Gasteiger partial charge in [-0.2, -0.15) is 0 Å². The van der Waals surface area contributed by atoms with Crippen molar-refractivity contribution < 1.29 is 4.74 Å². The Bertz CT molecular complexity index is 544. The third kappa shape index (κ3) is 6.14. The van der Waals surface area contributed by atoms with E-state index in [1.807, 2.05) is 18.2 Å². The molecule has 2 heteroatoms. The summed E-state index contributed by atoms with van der Waals surface area (Å²) in [5.41, 5.74) is 2.89. The second kappa shape index (κ2) is 8.81. The van der Waals surface area contributed by atoms with Crippen LogP contribution in [0, 0.1) is 11.5 Å². The van der Waals surface area contributed by atoms with Crippen molar-refractivity contribution in [2.45, 2.75) is 39.5 Å². The predicted molar refractivity (Wildman–Crippen MR) is 87.3 cm³/mol. The van der Waals surface area contributed by atoms with Crippen LogP contribution in [0.25, 0.3) is 0 Å². The summed E-state index contributed by atoms with van der Waals surface area (Å²) in [6, 6.07) is 17.8. The molecular weight excluding hydrogens is 258 g/mol. The van der Waals surface area contributed by atoms with Crippen molar-refractivity contribution in [1.82, 2.24) is 0 Å². The number of hydrogen-bond acceptors (Lipinski definition) is 2. The second-order valence-corrected chi connectivity index (χ2v) is 5.49. The van der Waals surface area contributed by atoms with Crippen LogP contribution in [0.5, 0.6) is 5.75 Å². The highest BCUT2D eigenvalue weighted by atomic mass is 16.5. The van der Waals surface area contributed by atoms with E-state index in [4.69, 9.17) is 5.26 Å². The number of benzene rings is 2. The van der Waals surface area contributed by atoms with Crippen LogP contribution in [0.4, 0.5) is 0 Å². The van der Waals surface area contributed by atoms with E-state index < -0.39 is 0 Å². The van der Waals surface area contributed by atoms with Gasteiger partial charge in [-0.05, 0) is 35.1 Å². The van der Waals surface area contributed by atoms with Crippen molar-refractivity contribution in [1.29, 1.82) is 5.26 Å². The maximum Gasteiger partial charge on any atom is 0.292 e. The van der Waals surface area contributed by atoms with E-state index in [2.05, 4.69) is 56.7 Å². The molecule has 0 aliphatic rings. The Morgan fingerprint density at radius 3 is 1.76 bits per heavy atom. The van der Waals surface area contributed by atoms with Gasteiger partial charge in [0.25, 0.3) is 6.26 Å². The fourth-order valence-corrected chi connectivity index (χ4v) is 1.82. The summed E-state index contributed by atoms with van der Waals surface area (Å²) in [5, 5.41) is 8.05. The maximum atomic E-state index is 8.05. The quantitative estimate of drug-likeness (QED) is 0.698. The molecule has 0 aliphatic carbocycles. The number of nitriles is 1. The first kappa shape index (κ1) is 16.8. The molecule has 0 unspecified atom stereocenters. The Hall–Kier alpha value is -2.27. The molecule has 0 saturated heterocycles. The first-order chi connectivity index (χ1) is 10.0. The molecule has 0 saturated carbocycles. The number of nitrogens with zero attached hydrogens (tertiary/aromatic N) is 1. The van der Waals surface area contributed by atoms with Gasteiger partial charge < -0.3 is 4.74 Å². The summed E-state index contributed by atoms with van der Waals surface area (Å²) in [7, 11) is 0. The van der Waals surface area contributed by atoms with Crippen LogP contribution in [0.3, 0.4) is 0 Å². The smallest absolute Gasteiger partial charge is 0.292 e. The van der Waals surface area contributed by atoms with Crippen LogP contribution in [-0.4, -0.2) is 0 Å². The first-order valence-corrected chi connectivity index (χ1v) is 7.25. The highest BCUT2D eigenvalue weighted by molar-refractivity contribution is 5.27. The molecule has 0 spiro atoms. The Kier molecular flexibility index (Phi) is 7.04. The average molecular weight is 281 g/mol. The zero-order valence-electron chi connectivity index (χ0n) is 13.2. The number of rotatable bonds is 3. The lowest BCUT2D eigenvalue weighted by atomic mass is 9.96. The minimum Gasteiger partial charge on any atom is -0.388 e. The van der Waals surface area contributed by atoms with Gasteiger partial charge in [-0.25, -0.2) is 0 Å². The molecular formula is C19H23NO. The molecule has 21 heavy (non-hydrogen) atoms. The van der Waals surface area contributed by atoms with Gasteiger partial charge >= 0.3 is 0 Å². The summed E-state index contributed by atoms with van der Waals surface area (Å²) >= 11 is 0. The first-order valence-electron chi connectivity index (χ1n) is 7.25. The van der Waals surface area contributed by atoms with Crippen molar-refractivity contribution in [3.63, 3.8) is 0 Å². The Balaban J connectivity index is 0.000000219. The molecule has 0 aliphatic heterocycles. The molecule has 0 bridgehead atoms. The van der Waals surface area contributed by atoms with Crippen LogP contribution in [0.1, 0.15) is 50.7 Å². The molecule has 0 amide bonds. The van der Waals surface area contributed by atoms with Gasteiger partial charge in [0.1, 0.15) is 5.75 Å². The zero-order valence-corrected chi connectivity index (χ0v) is 13.2. The monoisotopic (exact) mass is 281 g/mol. The molecule has 0 N–H and O–H groups in total. The number of hydrogen-bond donors (Lipinski definition) is 0. The van der Waals surface area contributed by atoms with Crippen LogP contribution >= 0.6 is 0 Å². The molecule has 2 aromatic carbocycles. The lowest BCUT2D eigenvalue weighted by Gasteiger charge is -2.09. The van der Waals surface area contributed by atoms with Crippen LogP contribution < -0.4 is 4.74 Å². The third-order valence-corrected chi connectivity index (χ3v) is 3.15. The number of ether oxygens (including phenoxy) is 1. The van der Waals surface area contributed by atoms with E-state index in [-0.39, 0.29) is 0 Å². The molecule has 0 fully saturated rings. The van der Waals surface area contributed by atoms with Crippen LogP contribution in [0.15, 0.2) is 54.6 Å². The summed E-state index contributed by atoms with van der Waals surface area (Å²) < 4.78 is 4.51. The van der Waals surface area contributed by atoms with Crippen molar-refractivity contribution in [3.8, 4) is 12.0 Å². The topological polar surface area (TPSA) is 33.0 Å². The van der Waals surface area contributed by atoms with Crippen LogP contribution in [-0.2, 0) is 0 Å². The Labute approximate surface area is 128 Å². The van der Waals surface area contributed by atoms with E-state index in [0.717, 1.165) is 0 Å². The summed E-state index contributed by atoms with van der Waals surface area (Å²) in [4.78, 5) is 0. The van der Waals surface area contributed by atoms with Crippen molar-refractivity contribution >= 4 is 0 Å². The van der Waals surface area contributed by atoms with Gasteiger partial charge in [-0.1, -0.05) is 70.2 Å². The Morgan fingerprint density at radius 2 is 1.33 bits per heavy atom. The van der Waals surface area contributed by atoms with E-state index in [1.54, 1.807) is 18.4 Å². The molecule has 2 aromatic rings. The van der Waals surface area contributed by atoms with Crippen molar-refractivity contribution in [2.24, 2.45) is 0 Å². The van der Waals surface area contributed by atoms with Gasteiger partial charge in [-0.15, -0.1) is 5.26 Å². The maximum absolute atomic E-state index is 8.05. The van der Waals surface area contributed by atoms with Gasteiger partial charge in [0.15, 0.2) is 0 Å². The van der Waals surface area contributed by atoms with E-state index in [1.165, 1.54) is 11.1 Å². The molecule has 2 nitrogen and oxygen atoms in total. The second-order valence-electron chi connectivity index (χ2n) is 5.49. The minimum absolute atomic E-state index is 0.583. The van der Waals surface area contributed by atoms with Crippen LogP contribution in [0.2, 0.25) is 0 Å². The van der Waals surface area contributed by atoms with Gasteiger partial charge in [0.2, 0.25) is 0 Å². The minimum atomic E-state index is 0.583. The predicted octanol–water partition coefficient (Wildman–Crippen LogP) is 5.48. The molecule has 0 heterocycles. The zero-order chi connectivity index (χ0) is 15.7. The Morgan fingerprint density at radius 1 is 0.810 bits per heavy atom. The molecule has 2 rings (SSSR count). The van der Waals surface area contributed by atoms with E-state index in [0.29, 0.717) is 17.6 Å². The lowest BCUT2D eigenvalue weighted by Crippen LogP contribution is -1.91. The van der Waals surface area contributed by atoms with Crippen molar-refractivity contribution in [2.75, 3.05) is 0 Å². The largest absolute Gasteiger partial charge is 0.388 e. The number of para-hydroxylation sites is 1. The van der Waals surface area contributed by atoms with Gasteiger partial charge in [0.05, 0.1) is 0 Å². The third-order valence-electron chi connectivity index (χ3n) is 3.15. The van der Waals surface area contributed by atoms with Gasteiger partial charge in [-0.3, -0.25) is 0 Å². The fraction of sp³-hybridized carbons (Fsp3) is 0.316. The highest BCUT2D eigenvalue weighted by Gasteiger charge is 2.02. The lowest BCUT2D eigenvalue weighted by molar-refractivity contribution is 0.507. The standard InChI is InChI=1S/C12H18.C7H5NO/c1-9(2)11-6-5-7-12(8-11)10(3)4;8-6-9-7-4-2-1-3-5-7/h5-10H,1-4H3;1-5H. The summed E-state index contributed by atoms with van der Waals surface area (Å²) in [6.45, 7) is 8.94. The molecule has 0 radical (unpaired) electrons. The highest BCUT2D eigenvalue weighted by Crippen LogP contribution is 2.20. The van der Waals surface area contributed by atoms with Gasteiger partial charge in [0, 0.05) is 0 Å². The van der Waals surface area contributed by atoms with Crippen molar-refractivity contribution in [3.05, 3.63) is 65.7 Å². The fourth-order valence-electron chi connectivity index (χ4n) is 1.82. The molecule has 0 atom stereocenters. The van der Waals surface area contributed by atoms with E-state index in [9.17, 15) is 0 Å². The average Bonchev–Trinajstić information content (AvgIpc) is 2.49. The molecule has 110 valence electrons. The normalized spacial score (nSPS) is 9.76. The summed E-state index contributed by atoms with van der Waals surface area (Å²) in [5.74, 6) is 1.87. The summed E-state index contributed by atoms with van der Waals surface area (Å²) in [6.07, 6.45) is 1.58. The SMILES string of the molecule is CC(C)c1cccc(C(C)C)c1.N#COc1ccccc1. The van der Waals surface area contributed by atoms with E-state index >= 15 is 0 Å². The molecule has 0 aromatic heterocycles.